The Morgan fingerprint density at radius 2 is 1.59 bits per heavy atom. The Morgan fingerprint density at radius 3 is 2.14 bits per heavy atom. The number of hydrogen-bond acceptors (Lipinski definition) is 2. The van der Waals surface area contributed by atoms with Gasteiger partial charge in [0.25, 0.3) is 0 Å². The van der Waals surface area contributed by atoms with E-state index in [4.69, 9.17) is 0 Å². The minimum Gasteiger partial charge on any atom is -0.326 e. The molecule has 0 aromatic heterocycles. The van der Waals surface area contributed by atoms with Crippen LogP contribution in [0.2, 0.25) is 0 Å². The summed E-state index contributed by atoms with van der Waals surface area (Å²) in [5.41, 5.74) is -1.22. The van der Waals surface area contributed by atoms with Crippen molar-refractivity contribution in [2.45, 2.75) is 13.1 Å². The average Bonchev–Trinajstić information content (AvgIpc) is 2.46. The molecule has 2 aromatic rings. The molecule has 0 fully saturated rings. The van der Waals surface area contributed by atoms with Crippen LogP contribution < -0.4 is 5.32 Å². The number of halogens is 3. The molecule has 0 bridgehead atoms. The fourth-order valence-corrected chi connectivity index (χ4v) is 1.97. The Morgan fingerprint density at radius 1 is 0.955 bits per heavy atom. The highest BCUT2D eigenvalue weighted by Gasteiger charge is 2.34. The molecule has 0 heterocycles. The number of alkyl halides is 3. The maximum atomic E-state index is 13.1. The summed E-state index contributed by atoms with van der Waals surface area (Å²) < 4.78 is 39.2. The van der Waals surface area contributed by atoms with Crippen LogP contribution in [-0.2, 0) is 11.0 Å². The van der Waals surface area contributed by atoms with Crippen molar-refractivity contribution in [3.05, 3.63) is 65.2 Å². The highest BCUT2D eigenvalue weighted by atomic mass is 19.4. The summed E-state index contributed by atoms with van der Waals surface area (Å²) >= 11 is 0. The normalized spacial score (nSPS) is 11.1. The first kappa shape index (κ1) is 15.8. The van der Waals surface area contributed by atoms with Gasteiger partial charge in [0.1, 0.15) is 0 Å². The summed E-state index contributed by atoms with van der Waals surface area (Å²) in [6.07, 6.45) is -4.68. The summed E-state index contributed by atoms with van der Waals surface area (Å²) in [7, 11) is 0. The zero-order valence-corrected chi connectivity index (χ0v) is 11.6. The van der Waals surface area contributed by atoms with E-state index < -0.39 is 23.4 Å². The predicted octanol–water partition coefficient (Wildman–Crippen LogP) is 3.89. The van der Waals surface area contributed by atoms with Gasteiger partial charge in [-0.15, -0.1) is 0 Å². The van der Waals surface area contributed by atoms with Gasteiger partial charge in [0.15, 0.2) is 5.78 Å². The first-order valence-electron chi connectivity index (χ1n) is 6.37. The van der Waals surface area contributed by atoms with E-state index in [1.807, 2.05) is 0 Å². The number of nitrogens with one attached hydrogen (secondary N) is 1. The summed E-state index contributed by atoms with van der Waals surface area (Å²) in [4.78, 5) is 23.2. The number of carbonyl (C=O) groups excluding carboxylic acids is 2. The Hall–Kier alpha value is -2.63. The third-order valence-electron chi connectivity index (χ3n) is 2.93. The largest absolute Gasteiger partial charge is 0.418 e. The number of ketones is 1. The molecule has 1 amide bonds. The van der Waals surface area contributed by atoms with Crippen molar-refractivity contribution in [2.24, 2.45) is 0 Å². The molecule has 2 aromatic carbocycles. The van der Waals surface area contributed by atoms with E-state index in [-0.39, 0.29) is 11.3 Å². The lowest BCUT2D eigenvalue weighted by Gasteiger charge is -2.14. The highest BCUT2D eigenvalue weighted by Crippen LogP contribution is 2.35. The van der Waals surface area contributed by atoms with Crippen molar-refractivity contribution in [3.63, 3.8) is 0 Å². The molecule has 2 rings (SSSR count). The molecule has 0 atom stereocenters. The third-order valence-corrected chi connectivity index (χ3v) is 2.93. The molecule has 0 saturated carbocycles. The van der Waals surface area contributed by atoms with Gasteiger partial charge in [-0.25, -0.2) is 0 Å². The summed E-state index contributed by atoms with van der Waals surface area (Å²) in [6, 6.07) is 11.1. The lowest BCUT2D eigenvalue weighted by molar-refractivity contribution is -0.137. The molecule has 6 heteroatoms. The van der Waals surface area contributed by atoms with Gasteiger partial charge in [-0.3, -0.25) is 9.59 Å². The molecule has 0 radical (unpaired) electrons. The molecule has 0 saturated heterocycles. The van der Waals surface area contributed by atoms with Gasteiger partial charge in [0, 0.05) is 18.1 Å². The summed E-state index contributed by atoms with van der Waals surface area (Å²) in [5.74, 6) is -1.13. The van der Waals surface area contributed by atoms with E-state index in [1.165, 1.54) is 18.2 Å². The first-order valence-corrected chi connectivity index (χ1v) is 6.37. The molecule has 1 N–H and O–H groups in total. The molecular weight excluding hydrogens is 295 g/mol. The minimum absolute atomic E-state index is 0.0902. The number of amides is 1. The molecule has 0 aliphatic heterocycles. The van der Waals surface area contributed by atoms with E-state index in [2.05, 4.69) is 5.32 Å². The second-order valence-corrected chi connectivity index (χ2v) is 4.63. The zero-order valence-electron chi connectivity index (χ0n) is 11.6. The first-order chi connectivity index (χ1) is 10.3. The monoisotopic (exact) mass is 307 g/mol. The number of anilines is 1. The molecule has 3 nitrogen and oxygen atoms in total. The highest BCUT2D eigenvalue weighted by molar-refractivity contribution is 6.09. The van der Waals surface area contributed by atoms with Crippen molar-refractivity contribution >= 4 is 17.4 Å². The van der Waals surface area contributed by atoms with E-state index in [0.29, 0.717) is 5.56 Å². The molecule has 0 spiro atoms. The SMILES string of the molecule is CC(=O)Nc1ccc(C(=O)c2ccccc2)cc1C(F)(F)F. The van der Waals surface area contributed by atoms with Crippen LogP contribution in [0.4, 0.5) is 18.9 Å². The molecule has 22 heavy (non-hydrogen) atoms. The fourth-order valence-electron chi connectivity index (χ4n) is 1.97. The van der Waals surface area contributed by atoms with Crippen LogP contribution >= 0.6 is 0 Å². The van der Waals surface area contributed by atoms with E-state index in [9.17, 15) is 22.8 Å². The van der Waals surface area contributed by atoms with Gasteiger partial charge in [-0.05, 0) is 18.2 Å². The standard InChI is InChI=1S/C16H12F3NO2/c1-10(21)20-14-8-7-12(9-13(14)16(17,18)19)15(22)11-5-3-2-4-6-11/h2-9H,1H3,(H,20,21). The van der Waals surface area contributed by atoms with Crippen LogP contribution in [0.3, 0.4) is 0 Å². The van der Waals surface area contributed by atoms with E-state index >= 15 is 0 Å². The van der Waals surface area contributed by atoms with Crippen molar-refractivity contribution in [1.82, 2.24) is 0 Å². The fraction of sp³-hybridized carbons (Fsp3) is 0.125. The number of hydrogen-bond donors (Lipinski definition) is 1. The van der Waals surface area contributed by atoms with Crippen LogP contribution in [0.15, 0.2) is 48.5 Å². The Labute approximate surface area is 124 Å². The maximum Gasteiger partial charge on any atom is 0.418 e. The number of benzene rings is 2. The topological polar surface area (TPSA) is 46.2 Å². The van der Waals surface area contributed by atoms with Crippen LogP contribution in [0, 0.1) is 0 Å². The predicted molar refractivity (Wildman–Crippen MR) is 75.6 cm³/mol. The van der Waals surface area contributed by atoms with Crippen molar-refractivity contribution in [2.75, 3.05) is 5.32 Å². The summed E-state index contributed by atoms with van der Waals surface area (Å²) in [6.45, 7) is 1.11. The molecular formula is C16H12F3NO2. The van der Waals surface area contributed by atoms with Gasteiger partial charge in [-0.2, -0.15) is 13.2 Å². The van der Waals surface area contributed by atoms with Crippen LogP contribution in [0.25, 0.3) is 0 Å². The van der Waals surface area contributed by atoms with E-state index in [1.54, 1.807) is 18.2 Å². The lowest BCUT2D eigenvalue weighted by Crippen LogP contribution is -2.15. The third kappa shape index (κ3) is 3.52. The Kier molecular flexibility index (Phi) is 4.30. The van der Waals surface area contributed by atoms with Crippen LogP contribution in [0.5, 0.6) is 0 Å². The quantitative estimate of drug-likeness (QED) is 0.874. The maximum absolute atomic E-state index is 13.1. The van der Waals surface area contributed by atoms with Gasteiger partial charge >= 0.3 is 6.18 Å². The van der Waals surface area contributed by atoms with Gasteiger partial charge in [0.2, 0.25) is 5.91 Å². The van der Waals surface area contributed by atoms with Crippen LogP contribution in [0.1, 0.15) is 28.4 Å². The van der Waals surface area contributed by atoms with Crippen molar-refractivity contribution in [1.29, 1.82) is 0 Å². The zero-order chi connectivity index (χ0) is 16.3. The second kappa shape index (κ2) is 6.01. The number of carbonyl (C=O) groups is 2. The Bertz CT molecular complexity index is 709. The van der Waals surface area contributed by atoms with Crippen molar-refractivity contribution < 1.29 is 22.8 Å². The van der Waals surface area contributed by atoms with Crippen molar-refractivity contribution in [3.8, 4) is 0 Å². The molecule has 114 valence electrons. The number of rotatable bonds is 3. The molecule has 0 aliphatic carbocycles. The van der Waals surface area contributed by atoms with Gasteiger partial charge < -0.3 is 5.32 Å². The van der Waals surface area contributed by atoms with Gasteiger partial charge in [0.05, 0.1) is 11.3 Å². The molecule has 0 aliphatic rings. The molecule has 0 unspecified atom stereocenters. The average molecular weight is 307 g/mol. The van der Waals surface area contributed by atoms with Crippen LogP contribution in [-0.4, -0.2) is 11.7 Å². The van der Waals surface area contributed by atoms with E-state index in [0.717, 1.165) is 19.1 Å². The summed E-state index contributed by atoms with van der Waals surface area (Å²) in [5, 5.41) is 2.12. The lowest BCUT2D eigenvalue weighted by atomic mass is 10.00. The van der Waals surface area contributed by atoms with Gasteiger partial charge in [-0.1, -0.05) is 30.3 Å². The smallest absolute Gasteiger partial charge is 0.326 e. The Balaban J connectivity index is 2.47. The second-order valence-electron chi connectivity index (χ2n) is 4.63. The minimum atomic E-state index is -4.68.